The highest BCUT2D eigenvalue weighted by Gasteiger charge is 2.35. The Kier molecular flexibility index (Phi) is 19.5. The summed E-state index contributed by atoms with van der Waals surface area (Å²) in [7, 11) is -4.45. The molecule has 1 unspecified atom stereocenters. The molecule has 5 N–H and O–H groups in total. The Morgan fingerprint density at radius 2 is 1.21 bits per heavy atom. The zero-order valence-corrected chi connectivity index (χ0v) is 46.8. The van der Waals surface area contributed by atoms with Crippen LogP contribution in [-0.2, 0) is 62.1 Å². The number of ether oxygens (including phenoxy) is 2. The number of β-amino-alcohol motifs (C(OH)–C–C–N with tert-alkyl or cyclic N) is 2. The first kappa shape index (κ1) is 57.8. The van der Waals surface area contributed by atoms with Gasteiger partial charge in [-0.3, -0.25) is 19.4 Å². The van der Waals surface area contributed by atoms with Crippen molar-refractivity contribution >= 4 is 43.2 Å². The average molecular weight is 1100 g/mol. The maximum Gasteiger partial charge on any atom is 0.258 e. The average Bonchev–Trinajstić information content (AvgIpc) is 3.48. The van der Waals surface area contributed by atoms with Crippen molar-refractivity contribution in [1.82, 2.24) is 39.3 Å². The van der Waals surface area contributed by atoms with Crippen molar-refractivity contribution < 1.29 is 46.1 Å². The highest BCUT2D eigenvalue weighted by molar-refractivity contribution is 7.89. The number of anilines is 2. The molecule has 4 aromatic rings. The van der Waals surface area contributed by atoms with Crippen LogP contribution in [-0.4, -0.2) is 206 Å². The van der Waals surface area contributed by atoms with Crippen molar-refractivity contribution in [2.75, 3.05) is 136 Å². The second-order valence-electron chi connectivity index (χ2n) is 20.8. The van der Waals surface area contributed by atoms with Crippen LogP contribution >= 0.6 is 0 Å². The molecule has 4 aliphatic rings. The van der Waals surface area contributed by atoms with Crippen molar-refractivity contribution in [2.24, 2.45) is 0 Å². The van der Waals surface area contributed by atoms with Gasteiger partial charge in [-0.1, -0.05) is 61.5 Å². The van der Waals surface area contributed by atoms with E-state index in [-0.39, 0.29) is 47.0 Å². The van der Waals surface area contributed by atoms with Crippen LogP contribution in [0.5, 0.6) is 11.5 Å². The summed E-state index contributed by atoms with van der Waals surface area (Å²) in [5.41, 5.74) is 6.09. The van der Waals surface area contributed by atoms with E-state index in [1.54, 1.807) is 18.2 Å². The van der Waals surface area contributed by atoms with E-state index in [1.807, 2.05) is 41.0 Å². The summed E-state index contributed by atoms with van der Waals surface area (Å²) in [5.74, 6) is -1.28. The summed E-state index contributed by atoms with van der Waals surface area (Å²) >= 11 is 0. The Morgan fingerprint density at radius 3 is 1.75 bits per heavy atom. The van der Waals surface area contributed by atoms with Crippen molar-refractivity contribution in [3.63, 3.8) is 0 Å². The number of rotatable bonds is 23. The van der Waals surface area contributed by atoms with E-state index in [0.29, 0.717) is 88.9 Å². The molecule has 0 saturated carbocycles. The molecule has 0 radical (unpaired) electrons. The fraction of sp³-hybridized carbons (Fsp3) is 0.527. The largest absolute Gasteiger partial charge is 0.482 e. The number of piperazine rings is 2. The SMILES string of the molecule is CCN1CCN(c2cccc(OCC(=O)NC[C@@H](O)CN3CCc4ccccc4C3)c2S(=O)(=O)N(C)Cc2cc(OCC(=O)NC[C@@H](O)CN3CCc4ccccc4C3)c(S(=O)(=O)N(C)C)c(N3CCNC(C)C3)c2)CC1. The van der Waals surface area contributed by atoms with E-state index < -0.39 is 57.3 Å². The van der Waals surface area contributed by atoms with Crippen LogP contribution in [0.1, 0.15) is 41.7 Å². The fourth-order valence-corrected chi connectivity index (χ4v) is 13.3. The number of likely N-dealkylation sites (N-methyl/N-ethyl adjacent to an activating group) is 1. The first-order valence-electron chi connectivity index (χ1n) is 26.8. The Hall–Kier alpha value is -5.40. The molecule has 4 aliphatic heterocycles. The molecule has 4 heterocycles. The van der Waals surface area contributed by atoms with Crippen LogP contribution in [0, 0.1) is 0 Å². The van der Waals surface area contributed by atoms with Gasteiger partial charge in [-0.15, -0.1) is 0 Å². The van der Waals surface area contributed by atoms with E-state index in [9.17, 15) is 28.2 Å². The van der Waals surface area contributed by atoms with Gasteiger partial charge in [0.05, 0.1) is 23.6 Å². The predicted octanol–water partition coefficient (Wildman–Crippen LogP) is 1.53. The molecule has 22 heteroatoms. The molecular formula is C55H78N10O10S2. The molecule has 2 saturated heterocycles. The van der Waals surface area contributed by atoms with Crippen LogP contribution in [0.3, 0.4) is 0 Å². The third-order valence-electron chi connectivity index (χ3n) is 14.9. The molecule has 0 spiro atoms. The predicted molar refractivity (Wildman–Crippen MR) is 296 cm³/mol. The minimum atomic E-state index is -4.46. The molecule has 4 aromatic carbocycles. The number of nitrogens with one attached hydrogen (secondary N) is 3. The number of amides is 2. The van der Waals surface area contributed by atoms with Crippen LogP contribution in [0.2, 0.25) is 0 Å². The summed E-state index contributed by atoms with van der Waals surface area (Å²) in [6, 6.07) is 24.5. The molecule has 20 nitrogen and oxygen atoms in total. The molecule has 3 atom stereocenters. The lowest BCUT2D eigenvalue weighted by Gasteiger charge is -2.37. The number of aliphatic hydroxyl groups is 2. The van der Waals surface area contributed by atoms with Gasteiger partial charge in [0.2, 0.25) is 20.0 Å². The molecule has 0 aliphatic carbocycles. The minimum Gasteiger partial charge on any atom is -0.482 e. The van der Waals surface area contributed by atoms with E-state index >= 15 is 8.42 Å². The number of hydrogen-bond acceptors (Lipinski definition) is 16. The topological polar surface area (TPSA) is 220 Å². The van der Waals surface area contributed by atoms with Crippen LogP contribution in [0.4, 0.5) is 11.4 Å². The summed E-state index contributed by atoms with van der Waals surface area (Å²) < 4.78 is 73.8. The van der Waals surface area contributed by atoms with E-state index in [4.69, 9.17) is 9.47 Å². The number of carbonyl (C=O) groups excluding carboxylic acids is 2. The minimum absolute atomic E-state index is 0.0199. The fourth-order valence-electron chi connectivity index (χ4n) is 10.6. The molecule has 2 amide bonds. The van der Waals surface area contributed by atoms with Crippen LogP contribution in [0.25, 0.3) is 0 Å². The van der Waals surface area contributed by atoms with Crippen molar-refractivity contribution in [3.8, 4) is 11.5 Å². The van der Waals surface area contributed by atoms with Gasteiger partial charge in [-0.2, -0.15) is 4.31 Å². The van der Waals surface area contributed by atoms with Gasteiger partial charge in [0, 0.05) is 132 Å². The number of hydrogen-bond donors (Lipinski definition) is 5. The van der Waals surface area contributed by atoms with Crippen molar-refractivity contribution in [3.05, 3.63) is 107 Å². The molecular weight excluding hydrogens is 1020 g/mol. The summed E-state index contributed by atoms with van der Waals surface area (Å²) in [6.07, 6.45) is 0.0156. The third-order valence-corrected chi connectivity index (χ3v) is 18.6. The lowest BCUT2D eigenvalue weighted by Crippen LogP contribution is -2.49. The lowest BCUT2D eigenvalue weighted by molar-refractivity contribution is -0.124. The number of sulfonamides is 2. The van der Waals surface area contributed by atoms with Crippen LogP contribution in [0.15, 0.2) is 88.7 Å². The Labute approximate surface area is 455 Å². The van der Waals surface area contributed by atoms with Gasteiger partial charge >= 0.3 is 0 Å². The Balaban J connectivity index is 1.01. The Morgan fingerprint density at radius 1 is 0.662 bits per heavy atom. The normalized spacial score (nSPS) is 18.6. The van der Waals surface area contributed by atoms with Gasteiger partial charge < -0.3 is 50.3 Å². The first-order chi connectivity index (χ1) is 36.9. The first-order valence-corrected chi connectivity index (χ1v) is 29.6. The van der Waals surface area contributed by atoms with Gasteiger partial charge in [-0.05, 0) is 78.4 Å². The highest BCUT2D eigenvalue weighted by Crippen LogP contribution is 2.40. The van der Waals surface area contributed by atoms with Gasteiger partial charge in [0.15, 0.2) is 13.2 Å². The second-order valence-corrected chi connectivity index (χ2v) is 24.9. The zero-order valence-electron chi connectivity index (χ0n) is 45.2. The number of aliphatic hydroxyl groups excluding tert-OH is 2. The zero-order chi connectivity index (χ0) is 54.9. The quantitative estimate of drug-likeness (QED) is 0.0712. The number of carbonyl (C=O) groups is 2. The van der Waals surface area contributed by atoms with E-state index in [2.05, 4.69) is 61.8 Å². The Bertz CT molecular complexity index is 2910. The second kappa shape index (κ2) is 26.0. The lowest BCUT2D eigenvalue weighted by atomic mass is 10.00. The van der Waals surface area contributed by atoms with Gasteiger partial charge in [-0.25, -0.2) is 21.1 Å². The summed E-state index contributed by atoms with van der Waals surface area (Å²) in [6.45, 7) is 11.0. The molecule has 8 rings (SSSR count). The van der Waals surface area contributed by atoms with E-state index in [1.165, 1.54) is 55.5 Å². The maximum atomic E-state index is 15.3. The smallest absolute Gasteiger partial charge is 0.258 e. The number of fused-ring (bicyclic) bond motifs is 2. The number of nitrogens with zero attached hydrogens (tertiary/aromatic N) is 7. The summed E-state index contributed by atoms with van der Waals surface area (Å²) in [5, 5.41) is 30.8. The molecule has 77 heavy (non-hydrogen) atoms. The summed E-state index contributed by atoms with van der Waals surface area (Å²) in [4.78, 5) is 37.0. The molecule has 420 valence electrons. The van der Waals surface area contributed by atoms with E-state index in [0.717, 1.165) is 41.1 Å². The monoisotopic (exact) mass is 1100 g/mol. The molecule has 0 aromatic heterocycles. The highest BCUT2D eigenvalue weighted by atomic mass is 32.2. The van der Waals surface area contributed by atoms with Crippen molar-refractivity contribution in [2.45, 2.75) is 74.4 Å². The maximum absolute atomic E-state index is 15.3. The van der Waals surface area contributed by atoms with Gasteiger partial charge in [0.25, 0.3) is 11.8 Å². The standard InChI is InChI=1S/C55H78N10O10S2/c1-6-61-24-26-64(27-25-61)48-16-11-17-50(74-38-52(68)57-30-46(66)36-62-21-18-42-12-7-9-14-44(42)34-62)54(48)77(72,73)60(5)33-41-28-49(65-23-20-56-40(2)32-65)55(76(70,71)59(3)4)51(29-41)75-39-53(69)58-31-47(67)37-63-22-19-43-13-8-10-15-45(43)35-63/h7-17,28-29,40,46-47,56,66-67H,6,18-27,30-39H2,1-5H3,(H,57,68)(H,58,69)/t40?,46-,47-/m1/s1. The van der Waals surface area contributed by atoms with Crippen LogP contribution < -0.4 is 35.2 Å². The third kappa shape index (κ3) is 14.6. The van der Waals surface area contributed by atoms with Crippen molar-refractivity contribution in [1.29, 1.82) is 0 Å². The molecule has 0 bridgehead atoms. The van der Waals surface area contributed by atoms with Gasteiger partial charge in [0.1, 0.15) is 21.3 Å². The molecule has 2 fully saturated rings. The number of benzene rings is 4.